The van der Waals surface area contributed by atoms with Crippen LogP contribution in [0.4, 0.5) is 0 Å². The summed E-state index contributed by atoms with van der Waals surface area (Å²) in [5, 5.41) is 3.27. The fraction of sp³-hybridized carbons (Fsp3) is 0.500. The summed E-state index contributed by atoms with van der Waals surface area (Å²) in [5.41, 5.74) is 11.4. The molecule has 0 bridgehead atoms. The highest BCUT2D eigenvalue weighted by Gasteiger charge is 2.34. The van der Waals surface area contributed by atoms with Gasteiger partial charge < -0.3 is 5.73 Å². The molecule has 2 aromatic rings. The number of aromatic nitrogens is 1. The van der Waals surface area contributed by atoms with E-state index in [1.807, 2.05) is 0 Å². The first-order valence-corrected chi connectivity index (χ1v) is 8.68. The lowest BCUT2D eigenvalue weighted by molar-refractivity contribution is 0.247. The first-order chi connectivity index (χ1) is 9.98. The monoisotopic (exact) mass is 300 g/mol. The van der Waals surface area contributed by atoms with E-state index in [1.165, 1.54) is 29.5 Å². The van der Waals surface area contributed by atoms with Gasteiger partial charge in [-0.2, -0.15) is 0 Å². The third-order valence-electron chi connectivity index (χ3n) is 4.90. The Morgan fingerprint density at radius 3 is 2.57 bits per heavy atom. The molecule has 1 saturated carbocycles. The molecule has 0 radical (unpaired) electrons. The molecule has 1 fully saturated rings. The number of benzene rings is 1. The number of rotatable bonds is 2. The third-order valence-corrected chi connectivity index (χ3v) is 5.96. The number of hydrogen-bond acceptors (Lipinski definition) is 3. The second-order valence-corrected chi connectivity index (χ2v) is 7.53. The molecular formula is C18H24N2S. The van der Waals surface area contributed by atoms with Crippen LogP contribution in [-0.4, -0.2) is 4.98 Å². The molecule has 0 saturated heterocycles. The van der Waals surface area contributed by atoms with Crippen molar-refractivity contribution in [3.8, 4) is 11.3 Å². The summed E-state index contributed by atoms with van der Waals surface area (Å²) in [6.45, 7) is 6.62. The molecule has 3 heteroatoms. The van der Waals surface area contributed by atoms with Gasteiger partial charge in [0.25, 0.3) is 0 Å². The van der Waals surface area contributed by atoms with Crippen LogP contribution in [0.5, 0.6) is 0 Å². The number of nitrogens with zero attached hydrogens (tertiary/aromatic N) is 1. The molecule has 0 atom stereocenters. The molecule has 0 spiro atoms. The van der Waals surface area contributed by atoms with E-state index in [9.17, 15) is 0 Å². The van der Waals surface area contributed by atoms with E-state index < -0.39 is 0 Å². The topological polar surface area (TPSA) is 38.9 Å². The smallest absolute Gasteiger partial charge is 0.113 e. The second-order valence-electron chi connectivity index (χ2n) is 6.68. The summed E-state index contributed by atoms with van der Waals surface area (Å²) in [6, 6.07) is 6.55. The molecule has 2 N–H and O–H groups in total. The fourth-order valence-electron chi connectivity index (χ4n) is 3.03. The Morgan fingerprint density at radius 1 is 1.19 bits per heavy atom. The van der Waals surface area contributed by atoms with Gasteiger partial charge in [-0.05, 0) is 62.6 Å². The van der Waals surface area contributed by atoms with E-state index in [1.54, 1.807) is 11.3 Å². The lowest BCUT2D eigenvalue weighted by atomic mass is 9.78. The van der Waals surface area contributed by atoms with Gasteiger partial charge in [0.2, 0.25) is 0 Å². The van der Waals surface area contributed by atoms with Crippen LogP contribution >= 0.6 is 11.3 Å². The Morgan fingerprint density at radius 2 is 1.90 bits per heavy atom. The largest absolute Gasteiger partial charge is 0.319 e. The summed E-state index contributed by atoms with van der Waals surface area (Å²) in [4.78, 5) is 4.87. The van der Waals surface area contributed by atoms with Crippen LogP contribution in [0.15, 0.2) is 23.6 Å². The van der Waals surface area contributed by atoms with Crippen molar-refractivity contribution < 1.29 is 0 Å². The maximum Gasteiger partial charge on any atom is 0.113 e. The summed E-state index contributed by atoms with van der Waals surface area (Å²) in [5.74, 6) is 0.806. The Balaban J connectivity index is 1.87. The van der Waals surface area contributed by atoms with Crippen molar-refractivity contribution in [2.24, 2.45) is 11.7 Å². The first kappa shape index (κ1) is 14.7. The zero-order chi connectivity index (χ0) is 15.0. The highest BCUT2D eigenvalue weighted by atomic mass is 32.1. The van der Waals surface area contributed by atoms with Crippen molar-refractivity contribution in [3.05, 3.63) is 39.7 Å². The molecule has 1 aliphatic carbocycles. The van der Waals surface area contributed by atoms with Gasteiger partial charge in [0.15, 0.2) is 0 Å². The van der Waals surface area contributed by atoms with Gasteiger partial charge in [0.1, 0.15) is 5.01 Å². The number of aryl methyl sites for hydroxylation is 2. The molecule has 1 aromatic heterocycles. The minimum absolute atomic E-state index is 0.199. The van der Waals surface area contributed by atoms with Gasteiger partial charge >= 0.3 is 0 Å². The van der Waals surface area contributed by atoms with Crippen LogP contribution < -0.4 is 5.73 Å². The number of thiazole rings is 1. The van der Waals surface area contributed by atoms with E-state index in [0.717, 1.165) is 29.5 Å². The maximum absolute atomic E-state index is 6.64. The predicted octanol–water partition coefficient (Wildman–Crippen LogP) is 4.79. The molecule has 3 rings (SSSR count). The van der Waals surface area contributed by atoms with E-state index in [4.69, 9.17) is 10.7 Å². The predicted molar refractivity (Wildman–Crippen MR) is 90.5 cm³/mol. The molecule has 1 aliphatic rings. The summed E-state index contributed by atoms with van der Waals surface area (Å²) in [7, 11) is 0. The average molecular weight is 300 g/mol. The van der Waals surface area contributed by atoms with Crippen LogP contribution in [0, 0.1) is 19.8 Å². The minimum atomic E-state index is -0.199. The molecule has 0 amide bonds. The normalized spacial score (nSPS) is 26.0. The maximum atomic E-state index is 6.64. The van der Waals surface area contributed by atoms with Gasteiger partial charge in [-0.1, -0.05) is 19.1 Å². The highest BCUT2D eigenvalue weighted by molar-refractivity contribution is 7.10. The van der Waals surface area contributed by atoms with Crippen LogP contribution in [0.25, 0.3) is 11.3 Å². The Kier molecular flexibility index (Phi) is 3.89. The third kappa shape index (κ3) is 2.90. The van der Waals surface area contributed by atoms with Crippen LogP contribution in [0.1, 0.15) is 48.7 Å². The second kappa shape index (κ2) is 5.54. The van der Waals surface area contributed by atoms with Crippen LogP contribution in [0.3, 0.4) is 0 Å². The van der Waals surface area contributed by atoms with Crippen LogP contribution in [-0.2, 0) is 5.54 Å². The van der Waals surface area contributed by atoms with E-state index >= 15 is 0 Å². The molecule has 1 heterocycles. The quantitative estimate of drug-likeness (QED) is 0.866. The lowest BCUT2D eigenvalue weighted by Gasteiger charge is -2.34. The number of nitrogens with two attached hydrogens (primary N) is 1. The summed E-state index contributed by atoms with van der Waals surface area (Å²) < 4.78 is 0. The van der Waals surface area contributed by atoms with Gasteiger partial charge in [-0.3, -0.25) is 0 Å². The Hall–Kier alpha value is -1.19. The standard InChI is InChI=1S/C18H24N2S/c1-12-6-8-18(19,9-7-12)17-20-16(11-21-17)15-5-4-13(2)14(3)10-15/h4-5,10-12H,6-9,19H2,1-3H3. The Labute approximate surface area is 131 Å². The van der Waals surface area contributed by atoms with Crippen molar-refractivity contribution in [1.29, 1.82) is 0 Å². The van der Waals surface area contributed by atoms with Crippen molar-refractivity contribution in [2.75, 3.05) is 0 Å². The zero-order valence-corrected chi connectivity index (χ0v) is 14.0. The van der Waals surface area contributed by atoms with Crippen molar-refractivity contribution in [3.63, 3.8) is 0 Å². The van der Waals surface area contributed by atoms with E-state index in [-0.39, 0.29) is 5.54 Å². The molecule has 2 nitrogen and oxygen atoms in total. The van der Waals surface area contributed by atoms with Gasteiger partial charge in [0, 0.05) is 10.9 Å². The SMILES string of the molecule is Cc1ccc(-c2csc(C3(N)CCC(C)CC3)n2)cc1C. The molecule has 112 valence electrons. The van der Waals surface area contributed by atoms with E-state index in [0.29, 0.717) is 0 Å². The molecule has 0 aliphatic heterocycles. The summed E-state index contributed by atoms with van der Waals surface area (Å²) in [6.07, 6.45) is 4.56. The van der Waals surface area contributed by atoms with Gasteiger partial charge in [-0.25, -0.2) is 4.98 Å². The van der Waals surface area contributed by atoms with Crippen molar-refractivity contribution in [2.45, 2.75) is 52.0 Å². The van der Waals surface area contributed by atoms with Gasteiger partial charge in [-0.15, -0.1) is 11.3 Å². The average Bonchev–Trinajstić information content (AvgIpc) is 2.96. The van der Waals surface area contributed by atoms with Crippen molar-refractivity contribution in [1.82, 2.24) is 4.98 Å². The molecule has 21 heavy (non-hydrogen) atoms. The zero-order valence-electron chi connectivity index (χ0n) is 13.1. The fourth-order valence-corrected chi connectivity index (χ4v) is 4.03. The molecule has 1 aromatic carbocycles. The lowest BCUT2D eigenvalue weighted by Crippen LogP contribution is -2.40. The Bertz CT molecular complexity index is 636. The number of hydrogen-bond donors (Lipinski definition) is 1. The highest BCUT2D eigenvalue weighted by Crippen LogP contribution is 2.39. The van der Waals surface area contributed by atoms with Crippen molar-refractivity contribution >= 4 is 11.3 Å². The molecule has 0 unspecified atom stereocenters. The minimum Gasteiger partial charge on any atom is -0.319 e. The van der Waals surface area contributed by atoms with E-state index in [2.05, 4.69) is 44.4 Å². The van der Waals surface area contributed by atoms with Gasteiger partial charge in [0.05, 0.1) is 11.2 Å². The van der Waals surface area contributed by atoms with Crippen LogP contribution in [0.2, 0.25) is 0 Å². The first-order valence-electron chi connectivity index (χ1n) is 7.80. The molecular weight excluding hydrogens is 276 g/mol. The summed E-state index contributed by atoms with van der Waals surface area (Å²) >= 11 is 1.72.